The zero-order chi connectivity index (χ0) is 12.3. The van der Waals surface area contributed by atoms with Gasteiger partial charge in [-0.2, -0.15) is 0 Å². The standard InChI is InChI=1S/C13H12ClNOS/c1-9(16)12-3-2-8-15-13(12)17-11-6-4-10(14)5-7-11/h2-9,16H,1H3/t9-/m1/s1. The van der Waals surface area contributed by atoms with Crippen LogP contribution in [0.15, 0.2) is 52.5 Å². The molecular weight excluding hydrogens is 254 g/mol. The first-order valence-electron chi connectivity index (χ1n) is 5.23. The zero-order valence-electron chi connectivity index (χ0n) is 9.30. The third kappa shape index (κ3) is 3.22. The Morgan fingerprint density at radius 1 is 1.24 bits per heavy atom. The van der Waals surface area contributed by atoms with Crippen LogP contribution in [0.5, 0.6) is 0 Å². The average molecular weight is 266 g/mol. The minimum atomic E-state index is -0.515. The molecule has 88 valence electrons. The van der Waals surface area contributed by atoms with Gasteiger partial charge in [0.25, 0.3) is 0 Å². The van der Waals surface area contributed by atoms with Crippen molar-refractivity contribution in [3.63, 3.8) is 0 Å². The van der Waals surface area contributed by atoms with Crippen LogP contribution in [0.2, 0.25) is 5.02 Å². The van der Waals surface area contributed by atoms with Crippen molar-refractivity contribution in [2.75, 3.05) is 0 Å². The van der Waals surface area contributed by atoms with Crippen LogP contribution in [0.3, 0.4) is 0 Å². The molecule has 4 heteroatoms. The molecule has 0 bridgehead atoms. The molecule has 0 aliphatic rings. The first kappa shape index (κ1) is 12.4. The van der Waals surface area contributed by atoms with Crippen molar-refractivity contribution in [1.82, 2.24) is 4.98 Å². The molecule has 2 rings (SSSR count). The second kappa shape index (κ2) is 5.54. The zero-order valence-corrected chi connectivity index (χ0v) is 10.9. The number of aliphatic hydroxyl groups is 1. The fourth-order valence-corrected chi connectivity index (χ4v) is 2.51. The number of aliphatic hydroxyl groups excluding tert-OH is 1. The van der Waals surface area contributed by atoms with E-state index in [-0.39, 0.29) is 0 Å². The Kier molecular flexibility index (Phi) is 4.05. The number of aromatic nitrogens is 1. The monoisotopic (exact) mass is 265 g/mol. The lowest BCUT2D eigenvalue weighted by Gasteiger charge is -2.09. The summed E-state index contributed by atoms with van der Waals surface area (Å²) in [5, 5.41) is 11.2. The minimum absolute atomic E-state index is 0.515. The van der Waals surface area contributed by atoms with E-state index >= 15 is 0 Å². The van der Waals surface area contributed by atoms with E-state index in [1.165, 1.54) is 11.8 Å². The van der Waals surface area contributed by atoms with E-state index < -0.39 is 6.10 Å². The van der Waals surface area contributed by atoms with Gasteiger partial charge in [-0.05, 0) is 37.3 Å². The normalized spacial score (nSPS) is 12.4. The molecule has 2 aromatic rings. The number of nitrogens with zero attached hydrogens (tertiary/aromatic N) is 1. The highest BCUT2D eigenvalue weighted by Crippen LogP contribution is 2.31. The smallest absolute Gasteiger partial charge is 0.106 e. The van der Waals surface area contributed by atoms with Crippen LogP contribution in [0.25, 0.3) is 0 Å². The number of rotatable bonds is 3. The summed E-state index contributed by atoms with van der Waals surface area (Å²) in [4.78, 5) is 5.34. The summed E-state index contributed by atoms with van der Waals surface area (Å²) >= 11 is 7.35. The molecule has 1 aromatic heterocycles. The Hall–Kier alpha value is -1.03. The summed E-state index contributed by atoms with van der Waals surface area (Å²) in [5.41, 5.74) is 0.840. The molecule has 1 atom stereocenters. The van der Waals surface area contributed by atoms with Gasteiger partial charge in [0.1, 0.15) is 5.03 Å². The number of hydrogen-bond acceptors (Lipinski definition) is 3. The van der Waals surface area contributed by atoms with Crippen molar-refractivity contribution in [1.29, 1.82) is 0 Å². The van der Waals surface area contributed by atoms with Gasteiger partial charge in [-0.1, -0.05) is 29.4 Å². The maximum Gasteiger partial charge on any atom is 0.106 e. The van der Waals surface area contributed by atoms with Crippen molar-refractivity contribution in [3.05, 3.63) is 53.2 Å². The summed E-state index contributed by atoms with van der Waals surface area (Å²) in [6, 6.07) is 11.3. The molecule has 0 aliphatic carbocycles. The highest BCUT2D eigenvalue weighted by Gasteiger charge is 2.09. The lowest BCUT2D eigenvalue weighted by atomic mass is 10.2. The largest absolute Gasteiger partial charge is 0.389 e. The predicted molar refractivity (Wildman–Crippen MR) is 70.4 cm³/mol. The molecule has 0 saturated heterocycles. The Balaban J connectivity index is 2.26. The van der Waals surface area contributed by atoms with Crippen LogP contribution < -0.4 is 0 Å². The second-order valence-electron chi connectivity index (χ2n) is 3.63. The molecule has 1 aromatic carbocycles. The van der Waals surface area contributed by atoms with E-state index in [2.05, 4.69) is 4.98 Å². The van der Waals surface area contributed by atoms with Crippen molar-refractivity contribution >= 4 is 23.4 Å². The highest BCUT2D eigenvalue weighted by molar-refractivity contribution is 7.99. The molecule has 17 heavy (non-hydrogen) atoms. The maximum absolute atomic E-state index is 9.65. The molecule has 0 amide bonds. The predicted octanol–water partition coefficient (Wildman–Crippen LogP) is 3.94. The first-order valence-corrected chi connectivity index (χ1v) is 6.42. The van der Waals surface area contributed by atoms with Crippen LogP contribution >= 0.6 is 23.4 Å². The van der Waals surface area contributed by atoms with Gasteiger partial charge in [-0.15, -0.1) is 0 Å². The Bertz CT molecular complexity index is 499. The van der Waals surface area contributed by atoms with E-state index in [9.17, 15) is 5.11 Å². The quantitative estimate of drug-likeness (QED) is 0.913. The van der Waals surface area contributed by atoms with E-state index in [4.69, 9.17) is 11.6 Å². The van der Waals surface area contributed by atoms with Gasteiger partial charge in [0, 0.05) is 21.7 Å². The van der Waals surface area contributed by atoms with Crippen LogP contribution in [-0.2, 0) is 0 Å². The third-order valence-corrected chi connectivity index (χ3v) is 3.57. The summed E-state index contributed by atoms with van der Waals surface area (Å²) in [6.07, 6.45) is 1.21. The maximum atomic E-state index is 9.65. The van der Waals surface area contributed by atoms with Gasteiger partial charge in [0.15, 0.2) is 0 Å². The fourth-order valence-electron chi connectivity index (χ4n) is 1.42. The fraction of sp³-hybridized carbons (Fsp3) is 0.154. The molecule has 0 spiro atoms. The molecule has 0 radical (unpaired) electrons. The van der Waals surface area contributed by atoms with Crippen molar-refractivity contribution in [2.24, 2.45) is 0 Å². The molecule has 1 N–H and O–H groups in total. The molecule has 2 nitrogen and oxygen atoms in total. The van der Waals surface area contributed by atoms with E-state index in [1.54, 1.807) is 13.1 Å². The summed E-state index contributed by atoms with van der Waals surface area (Å²) < 4.78 is 0. The number of pyridine rings is 1. The summed E-state index contributed by atoms with van der Waals surface area (Å²) in [7, 11) is 0. The summed E-state index contributed by atoms with van der Waals surface area (Å²) in [5.74, 6) is 0. The molecule has 0 saturated carbocycles. The third-order valence-electron chi connectivity index (χ3n) is 2.28. The van der Waals surface area contributed by atoms with Gasteiger partial charge in [0.2, 0.25) is 0 Å². The molecule has 0 unspecified atom stereocenters. The summed E-state index contributed by atoms with van der Waals surface area (Å²) in [6.45, 7) is 1.74. The van der Waals surface area contributed by atoms with Crippen LogP contribution in [-0.4, -0.2) is 10.1 Å². The van der Waals surface area contributed by atoms with Crippen molar-refractivity contribution in [3.8, 4) is 0 Å². The van der Waals surface area contributed by atoms with Gasteiger partial charge < -0.3 is 5.11 Å². The number of hydrogen-bond donors (Lipinski definition) is 1. The SMILES string of the molecule is C[C@@H](O)c1cccnc1Sc1ccc(Cl)cc1. The van der Waals surface area contributed by atoms with Crippen LogP contribution in [0.1, 0.15) is 18.6 Å². The number of benzene rings is 1. The number of halogens is 1. The molecule has 0 aliphatic heterocycles. The van der Waals surface area contributed by atoms with Crippen LogP contribution in [0.4, 0.5) is 0 Å². The Morgan fingerprint density at radius 3 is 2.59 bits per heavy atom. The Morgan fingerprint density at radius 2 is 1.94 bits per heavy atom. The molecular formula is C13H12ClNOS. The van der Waals surface area contributed by atoms with Gasteiger partial charge in [-0.25, -0.2) is 4.98 Å². The van der Waals surface area contributed by atoms with Crippen molar-refractivity contribution in [2.45, 2.75) is 22.9 Å². The lowest BCUT2D eigenvalue weighted by Crippen LogP contribution is -1.95. The highest BCUT2D eigenvalue weighted by atomic mass is 35.5. The average Bonchev–Trinajstić information content (AvgIpc) is 2.32. The first-order chi connectivity index (χ1) is 8.16. The van der Waals surface area contributed by atoms with E-state index in [0.29, 0.717) is 5.02 Å². The van der Waals surface area contributed by atoms with E-state index in [1.807, 2.05) is 36.4 Å². The van der Waals surface area contributed by atoms with Crippen molar-refractivity contribution < 1.29 is 5.11 Å². The van der Waals surface area contributed by atoms with Gasteiger partial charge in [0.05, 0.1) is 6.10 Å². The van der Waals surface area contributed by atoms with Gasteiger partial charge >= 0.3 is 0 Å². The van der Waals surface area contributed by atoms with E-state index in [0.717, 1.165) is 15.5 Å². The topological polar surface area (TPSA) is 33.1 Å². The van der Waals surface area contributed by atoms with Gasteiger partial charge in [-0.3, -0.25) is 0 Å². The Labute approximate surface area is 110 Å². The molecule has 0 fully saturated rings. The van der Waals surface area contributed by atoms with Crippen LogP contribution in [0, 0.1) is 0 Å². The second-order valence-corrected chi connectivity index (χ2v) is 5.13. The lowest BCUT2D eigenvalue weighted by molar-refractivity contribution is 0.195. The molecule has 1 heterocycles. The minimum Gasteiger partial charge on any atom is -0.389 e.